The van der Waals surface area contributed by atoms with Gasteiger partial charge in [0.1, 0.15) is 0 Å². The van der Waals surface area contributed by atoms with Gasteiger partial charge in [0, 0.05) is 35.4 Å². The average Bonchev–Trinajstić information content (AvgIpc) is 3.21. The molecule has 0 fully saturated rings. The van der Waals surface area contributed by atoms with Crippen molar-refractivity contribution in [3.8, 4) is 22.5 Å². The number of aromatic nitrogens is 2. The van der Waals surface area contributed by atoms with Gasteiger partial charge in [0.15, 0.2) is 0 Å². The van der Waals surface area contributed by atoms with E-state index in [-0.39, 0.29) is 11.8 Å². The van der Waals surface area contributed by atoms with Crippen LogP contribution in [0.25, 0.3) is 22.5 Å². The summed E-state index contributed by atoms with van der Waals surface area (Å²) < 4.78 is 0. The lowest BCUT2D eigenvalue weighted by atomic mass is 9.79. The zero-order chi connectivity index (χ0) is 17.1. The van der Waals surface area contributed by atoms with Gasteiger partial charge < -0.3 is 0 Å². The minimum atomic E-state index is 0.279. The van der Waals surface area contributed by atoms with Gasteiger partial charge in [0.2, 0.25) is 0 Å². The zero-order valence-corrected chi connectivity index (χ0v) is 14.1. The van der Waals surface area contributed by atoms with Gasteiger partial charge >= 0.3 is 0 Å². The minimum absolute atomic E-state index is 0.279. The molecule has 0 aliphatic heterocycles. The van der Waals surface area contributed by atoms with Crippen LogP contribution in [0.2, 0.25) is 0 Å². The largest absolute Gasteiger partial charge is 0.256 e. The highest BCUT2D eigenvalue weighted by atomic mass is 14.7. The molecular weight excluding hydrogens is 316 g/mol. The molecular formula is C24H16N2. The topological polar surface area (TPSA) is 25.8 Å². The molecule has 0 radical (unpaired) electrons. The lowest BCUT2D eigenvalue weighted by molar-refractivity contribution is 0.721. The molecule has 122 valence electrons. The molecule has 2 aliphatic carbocycles. The second kappa shape index (κ2) is 5.12. The molecule has 2 heteroatoms. The van der Waals surface area contributed by atoms with Crippen LogP contribution in [0.15, 0.2) is 85.2 Å². The molecule has 0 spiro atoms. The molecule has 0 saturated carbocycles. The van der Waals surface area contributed by atoms with Crippen LogP contribution in [-0.2, 0) is 0 Å². The number of hydrogen-bond donors (Lipinski definition) is 0. The van der Waals surface area contributed by atoms with Crippen molar-refractivity contribution in [2.75, 3.05) is 0 Å². The second-order valence-corrected chi connectivity index (χ2v) is 7.01. The number of benzene rings is 2. The first kappa shape index (κ1) is 14.0. The van der Waals surface area contributed by atoms with Crippen molar-refractivity contribution >= 4 is 0 Å². The van der Waals surface area contributed by atoms with E-state index in [0.717, 1.165) is 11.4 Å². The Labute approximate surface area is 152 Å². The van der Waals surface area contributed by atoms with E-state index in [1.807, 2.05) is 12.4 Å². The fourth-order valence-corrected chi connectivity index (χ4v) is 4.81. The molecule has 0 saturated heterocycles. The van der Waals surface area contributed by atoms with Gasteiger partial charge in [-0.15, -0.1) is 0 Å². The summed E-state index contributed by atoms with van der Waals surface area (Å²) in [7, 11) is 0. The molecule has 2 unspecified atom stereocenters. The molecule has 2 heterocycles. The monoisotopic (exact) mass is 332 g/mol. The third-order valence-electron chi connectivity index (χ3n) is 5.78. The van der Waals surface area contributed by atoms with E-state index in [2.05, 4.69) is 72.8 Å². The highest BCUT2D eigenvalue weighted by molar-refractivity contribution is 5.81. The Hall–Kier alpha value is -3.26. The first-order chi connectivity index (χ1) is 12.9. The van der Waals surface area contributed by atoms with Gasteiger partial charge in [-0.25, -0.2) is 0 Å². The lowest BCUT2D eigenvalue weighted by Crippen LogP contribution is -2.10. The van der Waals surface area contributed by atoms with Crippen LogP contribution in [-0.4, -0.2) is 9.97 Å². The number of pyridine rings is 2. The first-order valence-corrected chi connectivity index (χ1v) is 9.02. The summed E-state index contributed by atoms with van der Waals surface area (Å²) in [5.74, 6) is 0.558. The molecule has 2 atom stereocenters. The Morgan fingerprint density at radius 3 is 1.38 bits per heavy atom. The van der Waals surface area contributed by atoms with E-state index in [1.165, 1.54) is 33.4 Å². The van der Waals surface area contributed by atoms with Crippen molar-refractivity contribution in [3.63, 3.8) is 0 Å². The molecule has 26 heavy (non-hydrogen) atoms. The summed E-state index contributed by atoms with van der Waals surface area (Å²) in [6.45, 7) is 0. The lowest BCUT2D eigenvalue weighted by Gasteiger charge is -2.23. The third kappa shape index (κ3) is 1.71. The number of fused-ring (bicyclic) bond motifs is 6. The van der Waals surface area contributed by atoms with Crippen LogP contribution in [0.4, 0.5) is 0 Å². The Kier molecular flexibility index (Phi) is 2.75. The molecule has 4 aromatic rings. The fourth-order valence-electron chi connectivity index (χ4n) is 4.81. The van der Waals surface area contributed by atoms with Gasteiger partial charge in [-0.2, -0.15) is 0 Å². The van der Waals surface area contributed by atoms with Crippen LogP contribution >= 0.6 is 0 Å². The number of nitrogens with zero attached hydrogens (tertiary/aromatic N) is 2. The Morgan fingerprint density at radius 1 is 0.462 bits per heavy atom. The molecule has 0 amide bonds. The van der Waals surface area contributed by atoms with Crippen LogP contribution in [0.3, 0.4) is 0 Å². The highest BCUT2D eigenvalue weighted by Crippen LogP contribution is 2.57. The van der Waals surface area contributed by atoms with E-state index >= 15 is 0 Å². The molecule has 2 nitrogen and oxygen atoms in total. The van der Waals surface area contributed by atoms with Crippen LogP contribution < -0.4 is 0 Å². The summed E-state index contributed by atoms with van der Waals surface area (Å²) in [5.41, 5.74) is 10.2. The predicted molar refractivity (Wildman–Crippen MR) is 103 cm³/mol. The van der Waals surface area contributed by atoms with E-state index in [4.69, 9.17) is 9.97 Å². The van der Waals surface area contributed by atoms with Crippen LogP contribution in [0.5, 0.6) is 0 Å². The Balaban J connectivity index is 1.67. The molecule has 0 bridgehead atoms. The Bertz CT molecular complexity index is 978. The normalized spacial score (nSPS) is 18.8. The third-order valence-corrected chi connectivity index (χ3v) is 5.78. The molecule has 2 aromatic carbocycles. The van der Waals surface area contributed by atoms with Crippen molar-refractivity contribution in [2.24, 2.45) is 0 Å². The number of rotatable bonds is 1. The summed E-state index contributed by atoms with van der Waals surface area (Å²) in [5, 5.41) is 0. The molecule has 6 rings (SSSR count). The highest BCUT2D eigenvalue weighted by Gasteiger charge is 2.41. The maximum absolute atomic E-state index is 4.72. The SMILES string of the molecule is c1ccc2c(c1)-c1ncccc1C2C1c2ccccc2-c2ncccc21. The van der Waals surface area contributed by atoms with Crippen molar-refractivity contribution in [1.29, 1.82) is 0 Å². The summed E-state index contributed by atoms with van der Waals surface area (Å²) in [6.07, 6.45) is 3.80. The van der Waals surface area contributed by atoms with Crippen molar-refractivity contribution in [3.05, 3.63) is 107 Å². The maximum atomic E-state index is 4.72. The van der Waals surface area contributed by atoms with Gasteiger partial charge in [-0.05, 0) is 34.4 Å². The predicted octanol–water partition coefficient (Wildman–Crippen LogP) is 5.40. The quantitative estimate of drug-likeness (QED) is 0.466. The van der Waals surface area contributed by atoms with E-state index in [0.29, 0.717) is 0 Å². The van der Waals surface area contributed by atoms with Gasteiger partial charge in [-0.3, -0.25) is 9.97 Å². The molecule has 2 aromatic heterocycles. The fraction of sp³-hybridized carbons (Fsp3) is 0.0833. The number of hydrogen-bond acceptors (Lipinski definition) is 2. The smallest absolute Gasteiger partial charge is 0.0743 e. The summed E-state index contributed by atoms with van der Waals surface area (Å²) in [4.78, 5) is 9.44. The standard InChI is InChI=1S/C24H16N2/c1-3-9-17-15(7-1)21(19-11-5-13-25-23(17)19)22-16-8-2-4-10-18(16)24-20(22)12-6-14-26-24/h1-14,21-22H. The summed E-state index contributed by atoms with van der Waals surface area (Å²) >= 11 is 0. The van der Waals surface area contributed by atoms with E-state index in [9.17, 15) is 0 Å². The first-order valence-electron chi connectivity index (χ1n) is 9.02. The van der Waals surface area contributed by atoms with Crippen LogP contribution in [0, 0.1) is 0 Å². The van der Waals surface area contributed by atoms with Crippen LogP contribution in [0.1, 0.15) is 34.1 Å². The van der Waals surface area contributed by atoms with E-state index < -0.39 is 0 Å². The molecule has 2 aliphatic rings. The second-order valence-electron chi connectivity index (χ2n) is 7.01. The molecule has 0 N–H and O–H groups in total. The average molecular weight is 332 g/mol. The zero-order valence-electron chi connectivity index (χ0n) is 14.1. The maximum Gasteiger partial charge on any atom is 0.0743 e. The van der Waals surface area contributed by atoms with Crippen molar-refractivity contribution < 1.29 is 0 Å². The van der Waals surface area contributed by atoms with E-state index in [1.54, 1.807) is 0 Å². The Morgan fingerprint density at radius 2 is 0.885 bits per heavy atom. The van der Waals surface area contributed by atoms with Gasteiger partial charge in [0.05, 0.1) is 11.4 Å². The van der Waals surface area contributed by atoms with Crippen molar-refractivity contribution in [2.45, 2.75) is 11.8 Å². The van der Waals surface area contributed by atoms with Gasteiger partial charge in [-0.1, -0.05) is 60.7 Å². The van der Waals surface area contributed by atoms with Gasteiger partial charge in [0.25, 0.3) is 0 Å². The van der Waals surface area contributed by atoms with Crippen molar-refractivity contribution in [1.82, 2.24) is 9.97 Å². The summed E-state index contributed by atoms with van der Waals surface area (Å²) in [6, 6.07) is 26.0. The minimum Gasteiger partial charge on any atom is -0.256 e.